The molecule has 11 heavy (non-hydrogen) atoms. The molecule has 0 aliphatic heterocycles. The average molecular weight is 150 g/mol. The summed E-state index contributed by atoms with van der Waals surface area (Å²) in [6.45, 7) is 0.676. The molecule has 3 nitrogen and oxygen atoms in total. The van der Waals surface area contributed by atoms with E-state index in [1.54, 1.807) is 12.4 Å². The van der Waals surface area contributed by atoms with Gasteiger partial charge < -0.3 is 10.1 Å². The van der Waals surface area contributed by atoms with Gasteiger partial charge in [0.1, 0.15) is 6.29 Å². The lowest BCUT2D eigenvalue weighted by Gasteiger charge is -2.00. The van der Waals surface area contributed by atoms with E-state index >= 15 is 0 Å². The second-order valence-electron chi connectivity index (χ2n) is 2.12. The Balaban J connectivity index is 2.33. The van der Waals surface area contributed by atoms with E-state index in [0.717, 1.165) is 12.0 Å². The van der Waals surface area contributed by atoms with Crippen molar-refractivity contribution < 1.29 is 4.79 Å². The molecule has 0 saturated heterocycles. The van der Waals surface area contributed by atoms with Gasteiger partial charge in [0, 0.05) is 25.4 Å². The van der Waals surface area contributed by atoms with Crippen LogP contribution < -0.4 is 5.32 Å². The van der Waals surface area contributed by atoms with E-state index in [2.05, 4.69) is 10.3 Å². The molecule has 58 valence electrons. The molecule has 1 aromatic heterocycles. The Hall–Kier alpha value is -1.38. The van der Waals surface area contributed by atoms with Crippen LogP contribution >= 0.6 is 0 Å². The van der Waals surface area contributed by atoms with Crippen molar-refractivity contribution in [2.24, 2.45) is 0 Å². The molecule has 0 spiro atoms. The van der Waals surface area contributed by atoms with Crippen LogP contribution in [0.4, 0.5) is 5.69 Å². The third-order valence-electron chi connectivity index (χ3n) is 1.25. The van der Waals surface area contributed by atoms with Gasteiger partial charge in [-0.25, -0.2) is 0 Å². The van der Waals surface area contributed by atoms with Crippen LogP contribution in [0.2, 0.25) is 0 Å². The molecule has 1 aromatic rings. The van der Waals surface area contributed by atoms with Gasteiger partial charge in [-0.1, -0.05) is 0 Å². The first-order chi connectivity index (χ1) is 5.43. The summed E-state index contributed by atoms with van der Waals surface area (Å²) in [6.07, 6.45) is 4.87. The number of nitrogens with zero attached hydrogens (tertiary/aromatic N) is 1. The minimum absolute atomic E-state index is 0.537. The van der Waals surface area contributed by atoms with Crippen LogP contribution in [-0.4, -0.2) is 17.8 Å². The first kappa shape index (κ1) is 7.72. The third kappa shape index (κ3) is 2.80. The normalized spacial score (nSPS) is 9.09. The lowest BCUT2D eigenvalue weighted by molar-refractivity contribution is -0.107. The fourth-order valence-electron chi connectivity index (χ4n) is 0.743. The summed E-state index contributed by atoms with van der Waals surface area (Å²) in [4.78, 5) is 13.9. The highest BCUT2D eigenvalue weighted by atomic mass is 16.1. The zero-order chi connectivity index (χ0) is 7.94. The zero-order valence-electron chi connectivity index (χ0n) is 6.16. The summed E-state index contributed by atoms with van der Waals surface area (Å²) in [5.74, 6) is 0. The Morgan fingerprint density at radius 2 is 2.55 bits per heavy atom. The molecule has 0 amide bonds. The van der Waals surface area contributed by atoms with Gasteiger partial charge in [0.15, 0.2) is 0 Å². The third-order valence-corrected chi connectivity index (χ3v) is 1.25. The highest BCUT2D eigenvalue weighted by Gasteiger charge is 1.87. The fourth-order valence-corrected chi connectivity index (χ4v) is 0.743. The van der Waals surface area contributed by atoms with Gasteiger partial charge in [-0.2, -0.15) is 0 Å². The van der Waals surface area contributed by atoms with Gasteiger partial charge >= 0.3 is 0 Å². The van der Waals surface area contributed by atoms with Crippen LogP contribution in [0.25, 0.3) is 0 Å². The fraction of sp³-hybridized carbons (Fsp3) is 0.250. The molecule has 0 radical (unpaired) electrons. The molecule has 0 aliphatic carbocycles. The number of carbonyl (C=O) groups is 1. The number of rotatable bonds is 4. The molecular formula is C8H10N2O. The summed E-state index contributed by atoms with van der Waals surface area (Å²) in [5, 5.41) is 3.05. The summed E-state index contributed by atoms with van der Waals surface area (Å²) in [5.41, 5.74) is 0.953. The number of hydrogen-bond donors (Lipinski definition) is 1. The van der Waals surface area contributed by atoms with Crippen molar-refractivity contribution in [2.45, 2.75) is 6.42 Å². The van der Waals surface area contributed by atoms with E-state index < -0.39 is 0 Å². The molecule has 0 unspecified atom stereocenters. The van der Waals surface area contributed by atoms with Gasteiger partial charge in [0.25, 0.3) is 0 Å². The van der Waals surface area contributed by atoms with Crippen LogP contribution in [0.1, 0.15) is 6.42 Å². The standard InChI is InChI=1S/C8H10N2O/c11-6-2-5-10-8-3-1-4-9-7-8/h1,3-4,6-7,10H,2,5H2. The molecular weight excluding hydrogens is 140 g/mol. The highest BCUT2D eigenvalue weighted by Crippen LogP contribution is 2.01. The average Bonchev–Trinajstić information content (AvgIpc) is 2.07. The predicted octanol–water partition coefficient (Wildman–Crippen LogP) is 1.08. The molecule has 0 aromatic carbocycles. The van der Waals surface area contributed by atoms with Crippen molar-refractivity contribution in [3.05, 3.63) is 24.5 Å². The van der Waals surface area contributed by atoms with Crippen LogP contribution in [0, 0.1) is 0 Å². The van der Waals surface area contributed by atoms with Crippen LogP contribution in [-0.2, 0) is 4.79 Å². The second kappa shape index (κ2) is 4.44. The van der Waals surface area contributed by atoms with E-state index in [4.69, 9.17) is 0 Å². The van der Waals surface area contributed by atoms with Crippen molar-refractivity contribution in [1.82, 2.24) is 4.98 Å². The number of aromatic nitrogens is 1. The predicted molar refractivity (Wildman–Crippen MR) is 43.4 cm³/mol. The lowest BCUT2D eigenvalue weighted by atomic mass is 10.4. The SMILES string of the molecule is O=CCCNc1cccnc1. The van der Waals surface area contributed by atoms with Crippen LogP contribution in [0.15, 0.2) is 24.5 Å². The summed E-state index contributed by atoms with van der Waals surface area (Å²) in [6, 6.07) is 3.76. The topological polar surface area (TPSA) is 42.0 Å². The van der Waals surface area contributed by atoms with E-state index in [-0.39, 0.29) is 0 Å². The molecule has 1 N–H and O–H groups in total. The highest BCUT2D eigenvalue weighted by molar-refractivity contribution is 5.51. The van der Waals surface area contributed by atoms with Crippen molar-refractivity contribution in [1.29, 1.82) is 0 Å². The number of pyridine rings is 1. The van der Waals surface area contributed by atoms with Crippen molar-refractivity contribution in [2.75, 3.05) is 11.9 Å². The summed E-state index contributed by atoms with van der Waals surface area (Å²) >= 11 is 0. The number of hydrogen-bond acceptors (Lipinski definition) is 3. The minimum atomic E-state index is 0.537. The van der Waals surface area contributed by atoms with Gasteiger partial charge in [-0.15, -0.1) is 0 Å². The van der Waals surface area contributed by atoms with Crippen molar-refractivity contribution >= 4 is 12.0 Å². The minimum Gasteiger partial charge on any atom is -0.383 e. The maximum absolute atomic E-state index is 9.94. The smallest absolute Gasteiger partial charge is 0.121 e. The molecule has 0 bridgehead atoms. The van der Waals surface area contributed by atoms with Crippen LogP contribution in [0.3, 0.4) is 0 Å². The first-order valence-corrected chi connectivity index (χ1v) is 3.51. The Morgan fingerprint density at radius 1 is 1.64 bits per heavy atom. The Kier molecular flexibility index (Phi) is 3.12. The second-order valence-corrected chi connectivity index (χ2v) is 2.12. The van der Waals surface area contributed by atoms with E-state index in [1.807, 2.05) is 12.1 Å². The molecule has 0 saturated carbocycles. The zero-order valence-corrected chi connectivity index (χ0v) is 6.16. The van der Waals surface area contributed by atoms with Gasteiger partial charge in [0.05, 0.1) is 5.69 Å². The number of anilines is 1. The molecule has 1 heterocycles. The Morgan fingerprint density at radius 3 is 3.18 bits per heavy atom. The number of nitrogens with one attached hydrogen (secondary N) is 1. The monoisotopic (exact) mass is 150 g/mol. The van der Waals surface area contributed by atoms with E-state index in [9.17, 15) is 4.79 Å². The van der Waals surface area contributed by atoms with E-state index in [1.165, 1.54) is 0 Å². The quantitative estimate of drug-likeness (QED) is 0.516. The number of carbonyl (C=O) groups excluding carboxylic acids is 1. The maximum Gasteiger partial charge on any atom is 0.121 e. The Labute approximate surface area is 65.5 Å². The lowest BCUT2D eigenvalue weighted by Crippen LogP contribution is -2.01. The maximum atomic E-state index is 9.94. The molecule has 1 rings (SSSR count). The van der Waals surface area contributed by atoms with Crippen molar-refractivity contribution in [3.8, 4) is 0 Å². The number of aldehydes is 1. The van der Waals surface area contributed by atoms with Gasteiger partial charge in [0.2, 0.25) is 0 Å². The van der Waals surface area contributed by atoms with Crippen molar-refractivity contribution in [3.63, 3.8) is 0 Å². The first-order valence-electron chi connectivity index (χ1n) is 3.51. The molecule has 0 atom stereocenters. The molecule has 0 aliphatic rings. The van der Waals surface area contributed by atoms with E-state index in [0.29, 0.717) is 13.0 Å². The summed E-state index contributed by atoms with van der Waals surface area (Å²) in [7, 11) is 0. The van der Waals surface area contributed by atoms with Gasteiger partial charge in [-0.3, -0.25) is 4.98 Å². The van der Waals surface area contributed by atoms with Gasteiger partial charge in [-0.05, 0) is 12.1 Å². The molecule has 0 fully saturated rings. The largest absolute Gasteiger partial charge is 0.383 e. The summed E-state index contributed by atoms with van der Waals surface area (Å²) < 4.78 is 0. The Bertz CT molecular complexity index is 211. The molecule has 3 heteroatoms. The van der Waals surface area contributed by atoms with Crippen LogP contribution in [0.5, 0.6) is 0 Å².